The topological polar surface area (TPSA) is 97.4 Å². The summed E-state index contributed by atoms with van der Waals surface area (Å²) in [5.41, 5.74) is -0.394. The van der Waals surface area contributed by atoms with Crippen LogP contribution >= 0.6 is 0 Å². The smallest absolute Gasteiger partial charge is 0.308 e. The van der Waals surface area contributed by atoms with Gasteiger partial charge in [0.05, 0.1) is 24.2 Å². The summed E-state index contributed by atoms with van der Waals surface area (Å²) >= 11 is 0. The number of hydrogen-bond donors (Lipinski definition) is 0. The highest BCUT2D eigenvalue weighted by Crippen LogP contribution is 2.48. The fourth-order valence-corrected chi connectivity index (χ4v) is 9.23. The Morgan fingerprint density at radius 1 is 1.08 bits per heavy atom. The minimum atomic E-state index is -2.02. The molecule has 0 aliphatic carbocycles. The molecule has 9 heteroatoms. The van der Waals surface area contributed by atoms with Crippen LogP contribution in [0.2, 0.25) is 18.1 Å². The van der Waals surface area contributed by atoms with E-state index in [1.807, 2.05) is 27.7 Å². The molecule has 2 aliphatic heterocycles. The number of carbonyl (C=O) groups excluding carboxylic acids is 3. The van der Waals surface area contributed by atoms with Gasteiger partial charge in [0.2, 0.25) is 0 Å². The van der Waals surface area contributed by atoms with E-state index in [4.69, 9.17) is 23.4 Å². The Labute approximate surface area is 236 Å². The van der Waals surface area contributed by atoms with Gasteiger partial charge in [0.15, 0.2) is 14.1 Å². The van der Waals surface area contributed by atoms with Gasteiger partial charge in [-0.1, -0.05) is 39.8 Å². The molecule has 0 aromatic rings. The summed E-state index contributed by atoms with van der Waals surface area (Å²) in [4.78, 5) is 36.2. The molecule has 0 aromatic carbocycles. The molecule has 2 fully saturated rings. The molecule has 2 heterocycles. The molecule has 0 aromatic heterocycles. The van der Waals surface area contributed by atoms with Gasteiger partial charge in [-0.15, -0.1) is 0 Å². The predicted molar refractivity (Wildman–Crippen MR) is 153 cm³/mol. The van der Waals surface area contributed by atoms with Crippen LogP contribution in [0, 0.1) is 5.92 Å². The third-order valence-corrected chi connectivity index (χ3v) is 12.8. The Morgan fingerprint density at radius 3 is 2.18 bits per heavy atom. The van der Waals surface area contributed by atoms with Gasteiger partial charge in [-0.2, -0.15) is 0 Å². The van der Waals surface area contributed by atoms with Crippen molar-refractivity contribution in [1.82, 2.24) is 0 Å². The second kappa shape index (κ2) is 13.4. The van der Waals surface area contributed by atoms with Gasteiger partial charge >= 0.3 is 11.9 Å². The van der Waals surface area contributed by atoms with Crippen molar-refractivity contribution in [1.29, 1.82) is 0 Å². The van der Waals surface area contributed by atoms with Gasteiger partial charge in [0.1, 0.15) is 18.0 Å². The van der Waals surface area contributed by atoms with Crippen molar-refractivity contribution in [2.24, 2.45) is 5.92 Å². The molecule has 8 nitrogen and oxygen atoms in total. The zero-order valence-electron chi connectivity index (χ0n) is 25.7. The van der Waals surface area contributed by atoms with Crippen molar-refractivity contribution in [3.63, 3.8) is 0 Å². The van der Waals surface area contributed by atoms with Crippen LogP contribution in [0.4, 0.5) is 0 Å². The molecular weight excluding hydrogens is 516 g/mol. The molecular formula is C30H52O8Si. The van der Waals surface area contributed by atoms with Crippen molar-refractivity contribution in [3.8, 4) is 0 Å². The molecule has 0 radical (unpaired) electrons. The van der Waals surface area contributed by atoms with Crippen LogP contribution in [-0.2, 0) is 37.8 Å². The molecule has 6 atom stereocenters. The molecule has 0 amide bonds. The summed E-state index contributed by atoms with van der Waals surface area (Å²) in [6.07, 6.45) is 1.85. The lowest BCUT2D eigenvalue weighted by Crippen LogP contribution is -2.61. The molecule has 1 spiro atoms. The van der Waals surface area contributed by atoms with Crippen LogP contribution in [-0.4, -0.2) is 61.8 Å². The SMILES string of the molecule is C=C(C[C@H]1C[C@](C)(O[Si](CC)(CC)CC)C[C@@]2(C[C@@H](OC(C)=O)C[C@H](CC(=O)OC(C)(C)C)O2)O1)[C@@H](C)C=O. The highest BCUT2D eigenvalue weighted by molar-refractivity contribution is 6.73. The first-order chi connectivity index (χ1) is 18.0. The van der Waals surface area contributed by atoms with E-state index in [-0.39, 0.29) is 30.4 Å². The van der Waals surface area contributed by atoms with Crippen LogP contribution in [0.1, 0.15) is 101 Å². The lowest BCUT2D eigenvalue weighted by Gasteiger charge is -2.55. The first-order valence-corrected chi connectivity index (χ1v) is 17.1. The number of aldehydes is 1. The zero-order chi connectivity index (χ0) is 29.6. The average Bonchev–Trinajstić information content (AvgIpc) is 2.79. The van der Waals surface area contributed by atoms with E-state index < -0.39 is 37.5 Å². The lowest BCUT2D eigenvalue weighted by atomic mass is 9.80. The molecule has 224 valence electrons. The first kappa shape index (κ1) is 33.7. The second-order valence-electron chi connectivity index (χ2n) is 12.8. The van der Waals surface area contributed by atoms with E-state index in [9.17, 15) is 14.4 Å². The van der Waals surface area contributed by atoms with Crippen molar-refractivity contribution >= 4 is 26.5 Å². The molecule has 0 bridgehead atoms. The Balaban J connectivity index is 2.45. The minimum Gasteiger partial charge on any atom is -0.462 e. The summed E-state index contributed by atoms with van der Waals surface area (Å²) < 4.78 is 31.7. The van der Waals surface area contributed by atoms with Crippen LogP contribution in [0.15, 0.2) is 12.2 Å². The molecule has 2 rings (SSSR count). The van der Waals surface area contributed by atoms with E-state index in [0.29, 0.717) is 32.1 Å². The molecule has 39 heavy (non-hydrogen) atoms. The van der Waals surface area contributed by atoms with E-state index >= 15 is 0 Å². The maximum Gasteiger partial charge on any atom is 0.308 e. The van der Waals surface area contributed by atoms with Crippen molar-refractivity contribution in [2.75, 3.05) is 0 Å². The number of ether oxygens (including phenoxy) is 4. The van der Waals surface area contributed by atoms with Crippen LogP contribution in [0.25, 0.3) is 0 Å². The van der Waals surface area contributed by atoms with E-state index in [1.54, 1.807) is 0 Å². The van der Waals surface area contributed by atoms with Crippen LogP contribution < -0.4 is 0 Å². The first-order valence-electron chi connectivity index (χ1n) is 14.6. The highest BCUT2D eigenvalue weighted by Gasteiger charge is 2.55. The van der Waals surface area contributed by atoms with E-state index in [2.05, 4.69) is 34.3 Å². The molecule has 2 saturated heterocycles. The number of esters is 2. The van der Waals surface area contributed by atoms with Crippen molar-refractivity contribution < 1.29 is 37.8 Å². The Kier molecular flexibility index (Phi) is 11.6. The fraction of sp³-hybridized carbons (Fsp3) is 0.833. The highest BCUT2D eigenvalue weighted by atomic mass is 28.4. The van der Waals surface area contributed by atoms with Gasteiger partial charge in [0.25, 0.3) is 0 Å². The van der Waals surface area contributed by atoms with Gasteiger partial charge in [-0.25, -0.2) is 0 Å². The standard InChI is InChI=1S/C30H52O8Si/c1-11-39(12-2,13-3)38-29(10)17-26(14-21(4)22(5)19-31)36-30(20-29)18-25(34-23(6)32)15-24(35-30)16-27(33)37-28(7,8)9/h19,22,24-26H,4,11-18,20H2,1-3,5-10H3/t22-,24+,25-,26-,29-,30+/m0/s1. The summed E-state index contributed by atoms with van der Waals surface area (Å²) in [5, 5.41) is 0. The lowest BCUT2D eigenvalue weighted by molar-refractivity contribution is -0.347. The number of rotatable bonds is 12. The van der Waals surface area contributed by atoms with Gasteiger partial charge < -0.3 is 28.2 Å². The van der Waals surface area contributed by atoms with E-state index in [1.165, 1.54) is 6.92 Å². The largest absolute Gasteiger partial charge is 0.462 e. The Morgan fingerprint density at radius 2 is 1.67 bits per heavy atom. The molecule has 0 N–H and O–H groups in total. The van der Waals surface area contributed by atoms with Gasteiger partial charge in [-0.3, -0.25) is 9.59 Å². The summed E-state index contributed by atoms with van der Waals surface area (Å²) in [6, 6.07) is 3.00. The maximum absolute atomic E-state index is 12.8. The summed E-state index contributed by atoms with van der Waals surface area (Å²) in [5.74, 6) is -2.18. The van der Waals surface area contributed by atoms with Crippen LogP contribution in [0.5, 0.6) is 0 Å². The molecule has 0 unspecified atom stereocenters. The number of carbonyl (C=O) groups is 3. The van der Waals surface area contributed by atoms with Gasteiger partial charge in [-0.05, 0) is 52.2 Å². The Hall–Kier alpha value is -1.55. The third-order valence-electron chi connectivity index (χ3n) is 8.01. The van der Waals surface area contributed by atoms with Gasteiger partial charge in [0, 0.05) is 38.5 Å². The second-order valence-corrected chi connectivity index (χ2v) is 17.5. The van der Waals surface area contributed by atoms with Crippen molar-refractivity contribution in [3.05, 3.63) is 12.2 Å². The predicted octanol–water partition coefficient (Wildman–Crippen LogP) is 6.27. The molecule has 2 aliphatic rings. The fourth-order valence-electron chi connectivity index (χ4n) is 6.10. The molecule has 0 saturated carbocycles. The summed E-state index contributed by atoms with van der Waals surface area (Å²) in [6.45, 7) is 21.6. The normalized spacial score (nSPS) is 30.4. The maximum atomic E-state index is 12.8. The van der Waals surface area contributed by atoms with E-state index in [0.717, 1.165) is 30.0 Å². The van der Waals surface area contributed by atoms with Crippen molar-refractivity contribution in [2.45, 2.75) is 154 Å². The Bertz CT molecular complexity index is 870. The monoisotopic (exact) mass is 568 g/mol. The van der Waals surface area contributed by atoms with Crippen LogP contribution in [0.3, 0.4) is 0 Å². The average molecular weight is 569 g/mol. The zero-order valence-corrected chi connectivity index (χ0v) is 26.7. The summed E-state index contributed by atoms with van der Waals surface area (Å²) in [7, 11) is -2.02. The quantitative estimate of drug-likeness (QED) is 0.118. The third kappa shape index (κ3) is 9.80. The number of hydrogen-bond acceptors (Lipinski definition) is 8. The minimum absolute atomic E-state index is 0.0227.